The summed E-state index contributed by atoms with van der Waals surface area (Å²) in [5.74, 6) is 0.463. The summed E-state index contributed by atoms with van der Waals surface area (Å²) in [6.07, 6.45) is 3.37. The molecule has 0 amide bonds. The molecular formula is C11H15ClN2O2S. The molecule has 4 nitrogen and oxygen atoms in total. The predicted octanol–water partition coefficient (Wildman–Crippen LogP) is 2.00. The number of benzene rings is 1. The van der Waals surface area contributed by atoms with Gasteiger partial charge in [-0.25, -0.2) is 13.1 Å². The summed E-state index contributed by atoms with van der Waals surface area (Å²) in [7, 11) is -3.54. The number of nitrogens with two attached hydrogens (primary N) is 1. The highest BCUT2D eigenvalue weighted by Gasteiger charge is 2.22. The van der Waals surface area contributed by atoms with Crippen molar-refractivity contribution in [3.05, 3.63) is 23.2 Å². The average molecular weight is 275 g/mol. The molecular weight excluding hydrogens is 260 g/mol. The van der Waals surface area contributed by atoms with Crippen molar-refractivity contribution in [3.63, 3.8) is 0 Å². The average Bonchev–Trinajstić information content (AvgIpc) is 2.19. The van der Waals surface area contributed by atoms with Gasteiger partial charge < -0.3 is 5.73 Å². The molecule has 1 aromatic carbocycles. The van der Waals surface area contributed by atoms with Gasteiger partial charge in [-0.1, -0.05) is 18.0 Å². The zero-order valence-corrected chi connectivity index (χ0v) is 10.9. The van der Waals surface area contributed by atoms with E-state index in [1.807, 2.05) is 0 Å². The number of sulfonamides is 1. The van der Waals surface area contributed by atoms with Gasteiger partial charge in [0.05, 0.1) is 5.69 Å². The van der Waals surface area contributed by atoms with Crippen molar-refractivity contribution >= 4 is 27.3 Å². The van der Waals surface area contributed by atoms with Gasteiger partial charge in [0, 0.05) is 11.6 Å². The van der Waals surface area contributed by atoms with E-state index in [0.717, 1.165) is 12.8 Å². The van der Waals surface area contributed by atoms with Crippen LogP contribution in [0.5, 0.6) is 0 Å². The standard InChI is InChI=1S/C11H15ClN2O2S/c12-9-4-5-10(13)11(6-9)17(15,16)14-7-8-2-1-3-8/h4-6,8,14H,1-3,7,13H2. The lowest BCUT2D eigenvalue weighted by molar-refractivity contribution is 0.316. The van der Waals surface area contributed by atoms with Crippen LogP contribution in [0, 0.1) is 5.92 Å². The van der Waals surface area contributed by atoms with Crippen molar-refractivity contribution in [2.24, 2.45) is 5.92 Å². The molecule has 0 bridgehead atoms. The first kappa shape index (κ1) is 12.7. The summed E-state index contributed by atoms with van der Waals surface area (Å²) in [6.45, 7) is 0.480. The van der Waals surface area contributed by atoms with Crippen molar-refractivity contribution < 1.29 is 8.42 Å². The Morgan fingerprint density at radius 2 is 2.12 bits per heavy atom. The molecule has 3 N–H and O–H groups in total. The van der Waals surface area contributed by atoms with Crippen LogP contribution in [-0.4, -0.2) is 15.0 Å². The van der Waals surface area contributed by atoms with E-state index in [2.05, 4.69) is 4.72 Å². The lowest BCUT2D eigenvalue weighted by Crippen LogP contribution is -2.32. The van der Waals surface area contributed by atoms with Gasteiger partial charge >= 0.3 is 0 Å². The molecule has 17 heavy (non-hydrogen) atoms. The molecule has 0 aromatic heterocycles. The zero-order valence-electron chi connectivity index (χ0n) is 9.32. The van der Waals surface area contributed by atoms with Crippen LogP contribution in [0.4, 0.5) is 5.69 Å². The smallest absolute Gasteiger partial charge is 0.242 e. The topological polar surface area (TPSA) is 72.2 Å². The maximum absolute atomic E-state index is 12.0. The van der Waals surface area contributed by atoms with Gasteiger partial charge in [-0.2, -0.15) is 0 Å². The van der Waals surface area contributed by atoms with E-state index < -0.39 is 10.0 Å². The number of nitrogen functional groups attached to an aromatic ring is 1. The Balaban J connectivity index is 2.15. The molecule has 1 aliphatic rings. The number of hydrogen-bond acceptors (Lipinski definition) is 3. The van der Waals surface area contributed by atoms with Crippen molar-refractivity contribution in [2.75, 3.05) is 12.3 Å². The maximum Gasteiger partial charge on any atom is 0.242 e. The molecule has 0 saturated heterocycles. The Morgan fingerprint density at radius 3 is 2.71 bits per heavy atom. The normalized spacial score (nSPS) is 16.8. The Labute approximate surface area is 106 Å². The molecule has 0 atom stereocenters. The molecule has 94 valence electrons. The first-order chi connectivity index (χ1) is 7.99. The van der Waals surface area contributed by atoms with Crippen LogP contribution < -0.4 is 10.5 Å². The van der Waals surface area contributed by atoms with Crippen LogP contribution in [0.2, 0.25) is 5.02 Å². The van der Waals surface area contributed by atoms with Crippen LogP contribution in [-0.2, 0) is 10.0 Å². The third-order valence-electron chi connectivity index (χ3n) is 3.05. The van der Waals surface area contributed by atoms with Crippen molar-refractivity contribution in [1.82, 2.24) is 4.72 Å². The molecule has 1 saturated carbocycles. The first-order valence-corrected chi connectivity index (χ1v) is 7.40. The Hall–Kier alpha value is -0.780. The summed E-state index contributed by atoms with van der Waals surface area (Å²) in [5.41, 5.74) is 5.87. The van der Waals surface area contributed by atoms with E-state index in [1.54, 1.807) is 6.07 Å². The van der Waals surface area contributed by atoms with Gasteiger partial charge in [-0.15, -0.1) is 0 Å². The van der Waals surface area contributed by atoms with Crippen molar-refractivity contribution in [3.8, 4) is 0 Å². The van der Waals surface area contributed by atoms with Gasteiger partial charge in [-0.3, -0.25) is 0 Å². The maximum atomic E-state index is 12.0. The van der Waals surface area contributed by atoms with Crippen LogP contribution in [0.25, 0.3) is 0 Å². The zero-order chi connectivity index (χ0) is 12.5. The summed E-state index contributed by atoms with van der Waals surface area (Å²) in [4.78, 5) is 0.0596. The van der Waals surface area contributed by atoms with Crippen molar-refractivity contribution in [1.29, 1.82) is 0 Å². The van der Waals surface area contributed by atoms with Crippen LogP contribution >= 0.6 is 11.6 Å². The lowest BCUT2D eigenvalue weighted by atomic mass is 9.86. The van der Waals surface area contributed by atoms with Crippen molar-refractivity contribution in [2.45, 2.75) is 24.2 Å². The highest BCUT2D eigenvalue weighted by atomic mass is 35.5. The van der Waals surface area contributed by atoms with Gasteiger partial charge in [0.2, 0.25) is 10.0 Å². The van der Waals surface area contributed by atoms with E-state index in [4.69, 9.17) is 17.3 Å². The molecule has 6 heteroatoms. The van der Waals surface area contributed by atoms with Crippen LogP contribution in [0.3, 0.4) is 0 Å². The summed E-state index contributed by atoms with van der Waals surface area (Å²) >= 11 is 5.78. The quantitative estimate of drug-likeness (QED) is 0.825. The van der Waals surface area contributed by atoms with E-state index in [1.165, 1.54) is 18.6 Å². The summed E-state index contributed by atoms with van der Waals surface area (Å²) < 4.78 is 26.6. The molecule has 0 spiro atoms. The molecule has 1 aliphatic carbocycles. The molecule has 1 aromatic rings. The minimum atomic E-state index is -3.54. The molecule has 2 rings (SSSR count). The summed E-state index contributed by atoms with van der Waals surface area (Å²) in [5, 5.41) is 0.364. The highest BCUT2D eigenvalue weighted by molar-refractivity contribution is 7.89. The largest absolute Gasteiger partial charge is 0.398 e. The number of rotatable bonds is 4. The van der Waals surface area contributed by atoms with Gasteiger partial charge in [0.25, 0.3) is 0 Å². The van der Waals surface area contributed by atoms with Gasteiger partial charge in [-0.05, 0) is 37.0 Å². The fraction of sp³-hybridized carbons (Fsp3) is 0.455. The minimum absolute atomic E-state index is 0.0596. The molecule has 0 unspecified atom stereocenters. The molecule has 1 fully saturated rings. The second-order valence-corrected chi connectivity index (χ2v) is 6.50. The number of halogens is 1. The monoisotopic (exact) mass is 274 g/mol. The van der Waals surface area contributed by atoms with E-state index >= 15 is 0 Å². The molecule has 0 aliphatic heterocycles. The van der Waals surface area contributed by atoms with E-state index in [0.29, 0.717) is 17.5 Å². The van der Waals surface area contributed by atoms with Crippen LogP contribution in [0.15, 0.2) is 23.1 Å². The summed E-state index contributed by atoms with van der Waals surface area (Å²) in [6, 6.07) is 4.45. The second kappa shape index (κ2) is 4.84. The minimum Gasteiger partial charge on any atom is -0.398 e. The lowest BCUT2D eigenvalue weighted by Gasteiger charge is -2.25. The predicted molar refractivity (Wildman–Crippen MR) is 68.4 cm³/mol. The number of anilines is 1. The third-order valence-corrected chi connectivity index (χ3v) is 4.77. The highest BCUT2D eigenvalue weighted by Crippen LogP contribution is 2.27. The second-order valence-electron chi connectivity index (χ2n) is 4.33. The van der Waals surface area contributed by atoms with Gasteiger partial charge in [0.1, 0.15) is 4.90 Å². The Bertz CT molecular complexity index is 512. The third kappa shape index (κ3) is 2.91. The Kier molecular flexibility index (Phi) is 3.61. The van der Waals surface area contributed by atoms with Gasteiger partial charge in [0.15, 0.2) is 0 Å². The fourth-order valence-electron chi connectivity index (χ4n) is 1.74. The SMILES string of the molecule is Nc1ccc(Cl)cc1S(=O)(=O)NCC1CCC1. The number of nitrogens with one attached hydrogen (secondary N) is 1. The Morgan fingerprint density at radius 1 is 1.41 bits per heavy atom. The van der Waals surface area contributed by atoms with E-state index in [-0.39, 0.29) is 10.6 Å². The number of hydrogen-bond donors (Lipinski definition) is 2. The molecule has 0 heterocycles. The van der Waals surface area contributed by atoms with E-state index in [9.17, 15) is 8.42 Å². The van der Waals surface area contributed by atoms with Crippen LogP contribution in [0.1, 0.15) is 19.3 Å². The fourth-order valence-corrected chi connectivity index (χ4v) is 3.25. The first-order valence-electron chi connectivity index (χ1n) is 5.54. The molecule has 0 radical (unpaired) electrons.